The lowest BCUT2D eigenvalue weighted by molar-refractivity contribution is -0.149. The molecule has 0 N–H and O–H groups in total. The Morgan fingerprint density at radius 3 is 1.98 bits per heavy atom. The smallest absolute Gasteiger partial charge is 0.334 e. The molecule has 0 aromatic heterocycles. The van der Waals surface area contributed by atoms with Crippen LogP contribution < -0.4 is 0 Å². The summed E-state index contributed by atoms with van der Waals surface area (Å²) in [5, 5.41) is 0. The third kappa shape index (κ3) is 7.63. The summed E-state index contributed by atoms with van der Waals surface area (Å²) in [5.41, 5.74) is 1.60. The van der Waals surface area contributed by atoms with Crippen LogP contribution in [0.15, 0.2) is 24.3 Å². The molecule has 44 heavy (non-hydrogen) atoms. The van der Waals surface area contributed by atoms with Gasteiger partial charge in [-0.25, -0.2) is 9.59 Å². The number of thiol groups is 2. The summed E-state index contributed by atoms with van der Waals surface area (Å²) < 4.78 is 11.4. The highest BCUT2D eigenvalue weighted by atomic mass is 32.1. The number of fused-ring (bicyclic) bond motifs is 5. The SMILES string of the molecule is C=C(CS)C(=O)OCC(COC(=O)C(=C)CS)[C@H]1CC[C@@]2(C)C(CCC3C2CC[C@@]2(C)C3CC[C@@H]2[C@H](C)CCCC(C)C)C1. The van der Waals surface area contributed by atoms with E-state index in [2.05, 4.69) is 73.0 Å². The molecule has 0 aliphatic heterocycles. The average Bonchev–Trinajstić information content (AvgIpc) is 3.36. The number of carbonyl (C=O) groups is 2. The molecule has 9 atom stereocenters. The summed E-state index contributed by atoms with van der Waals surface area (Å²) in [6, 6.07) is 0. The van der Waals surface area contributed by atoms with Crippen molar-refractivity contribution in [3.05, 3.63) is 24.3 Å². The Balaban J connectivity index is 1.42. The maximum absolute atomic E-state index is 12.4. The number of rotatable bonds is 14. The summed E-state index contributed by atoms with van der Waals surface area (Å²) in [6.07, 6.45) is 15.9. The third-order valence-corrected chi connectivity index (χ3v) is 14.2. The summed E-state index contributed by atoms with van der Waals surface area (Å²) in [6.45, 7) is 20.6. The van der Waals surface area contributed by atoms with Gasteiger partial charge in [-0.1, -0.05) is 67.0 Å². The molecule has 0 aromatic carbocycles. The quantitative estimate of drug-likeness (QED) is 0.112. The molecule has 4 saturated carbocycles. The molecule has 250 valence electrons. The van der Waals surface area contributed by atoms with Crippen LogP contribution in [0.25, 0.3) is 0 Å². The van der Waals surface area contributed by atoms with E-state index in [1.807, 2.05) is 0 Å². The van der Waals surface area contributed by atoms with Crippen LogP contribution in [0.1, 0.15) is 112 Å². The van der Waals surface area contributed by atoms with Crippen LogP contribution in [0.2, 0.25) is 0 Å². The first-order valence-electron chi connectivity index (χ1n) is 17.8. The molecule has 0 spiro atoms. The zero-order valence-electron chi connectivity index (χ0n) is 28.5. The molecule has 0 amide bonds. The standard InChI is InChI=1S/C38H62O4S2/c1-24(2)9-8-10-25(3)32-13-14-33-31-12-11-30-19-28(15-17-37(30,6)34(31)16-18-38(32,33)7)29(20-41-35(39)26(4)22-43)21-42-36(40)27(5)23-44/h24-25,28-34,43-44H,4-5,8-23H2,1-3,6-7H3/t25-,28+,30?,31?,32-,33?,34?,37+,38-/m1/s1. The maximum atomic E-state index is 12.4. The lowest BCUT2D eigenvalue weighted by Gasteiger charge is -2.61. The fourth-order valence-corrected chi connectivity index (χ4v) is 11.0. The predicted octanol–water partition coefficient (Wildman–Crippen LogP) is 9.40. The van der Waals surface area contributed by atoms with Gasteiger partial charge < -0.3 is 9.47 Å². The minimum Gasteiger partial charge on any atom is -0.462 e. The van der Waals surface area contributed by atoms with Gasteiger partial charge in [0, 0.05) is 28.6 Å². The summed E-state index contributed by atoms with van der Waals surface area (Å²) in [5.74, 6) is 5.85. The Labute approximate surface area is 280 Å². The van der Waals surface area contributed by atoms with Gasteiger partial charge in [-0.3, -0.25) is 0 Å². The summed E-state index contributed by atoms with van der Waals surface area (Å²) in [4.78, 5) is 24.9. The monoisotopic (exact) mass is 646 g/mol. The highest BCUT2D eigenvalue weighted by Crippen LogP contribution is 2.69. The van der Waals surface area contributed by atoms with Crippen LogP contribution in [0.5, 0.6) is 0 Å². The molecule has 4 aliphatic carbocycles. The number of hydrogen-bond donors (Lipinski definition) is 2. The van der Waals surface area contributed by atoms with E-state index in [4.69, 9.17) is 9.47 Å². The van der Waals surface area contributed by atoms with Gasteiger partial charge in [0.15, 0.2) is 0 Å². The maximum Gasteiger partial charge on any atom is 0.334 e. The van der Waals surface area contributed by atoms with Crippen molar-refractivity contribution in [2.75, 3.05) is 24.7 Å². The van der Waals surface area contributed by atoms with Crippen molar-refractivity contribution in [3.8, 4) is 0 Å². The van der Waals surface area contributed by atoms with Crippen molar-refractivity contribution in [1.29, 1.82) is 0 Å². The Bertz CT molecular complexity index is 1010. The summed E-state index contributed by atoms with van der Waals surface area (Å²) in [7, 11) is 0. The van der Waals surface area contributed by atoms with E-state index in [0.717, 1.165) is 48.3 Å². The van der Waals surface area contributed by atoms with E-state index < -0.39 is 11.9 Å². The average molecular weight is 647 g/mol. The number of hydrogen-bond acceptors (Lipinski definition) is 6. The topological polar surface area (TPSA) is 52.6 Å². The van der Waals surface area contributed by atoms with E-state index in [-0.39, 0.29) is 30.6 Å². The van der Waals surface area contributed by atoms with Crippen LogP contribution >= 0.6 is 25.3 Å². The van der Waals surface area contributed by atoms with Gasteiger partial charge in [-0.15, -0.1) is 0 Å². The van der Waals surface area contributed by atoms with Gasteiger partial charge in [0.2, 0.25) is 0 Å². The molecular formula is C38H62O4S2. The fourth-order valence-electron chi connectivity index (χ4n) is 10.8. The van der Waals surface area contributed by atoms with Gasteiger partial charge in [-0.05, 0) is 116 Å². The zero-order valence-corrected chi connectivity index (χ0v) is 30.2. The van der Waals surface area contributed by atoms with Crippen LogP contribution in [0, 0.1) is 64.1 Å². The zero-order chi connectivity index (χ0) is 32.2. The minimum absolute atomic E-state index is 0.0342. The second-order valence-electron chi connectivity index (χ2n) is 16.2. The molecule has 4 aliphatic rings. The van der Waals surface area contributed by atoms with Crippen LogP contribution in [0.3, 0.4) is 0 Å². The molecular weight excluding hydrogens is 585 g/mol. The lowest BCUT2D eigenvalue weighted by atomic mass is 9.43. The summed E-state index contributed by atoms with van der Waals surface area (Å²) >= 11 is 8.35. The van der Waals surface area contributed by atoms with Crippen LogP contribution in [-0.2, 0) is 19.1 Å². The minimum atomic E-state index is -0.411. The Morgan fingerprint density at radius 2 is 1.39 bits per heavy atom. The van der Waals surface area contributed by atoms with Crippen molar-refractivity contribution in [1.82, 2.24) is 0 Å². The van der Waals surface area contributed by atoms with E-state index in [1.54, 1.807) is 0 Å². The molecule has 4 nitrogen and oxygen atoms in total. The van der Waals surface area contributed by atoms with E-state index in [0.29, 0.717) is 33.8 Å². The molecule has 4 rings (SSSR count). The van der Waals surface area contributed by atoms with Crippen LogP contribution in [0.4, 0.5) is 0 Å². The number of carbonyl (C=O) groups excluding carboxylic acids is 2. The first kappa shape index (κ1) is 36.0. The molecule has 6 heteroatoms. The van der Waals surface area contributed by atoms with Gasteiger partial charge in [0.05, 0.1) is 13.2 Å². The van der Waals surface area contributed by atoms with Crippen LogP contribution in [-0.4, -0.2) is 36.7 Å². The molecule has 4 unspecified atom stereocenters. The highest BCUT2D eigenvalue weighted by Gasteiger charge is 2.60. The second-order valence-corrected chi connectivity index (χ2v) is 16.8. The van der Waals surface area contributed by atoms with Crippen molar-refractivity contribution >= 4 is 37.2 Å². The molecule has 0 bridgehead atoms. The second kappa shape index (κ2) is 15.3. The molecule has 4 fully saturated rings. The van der Waals surface area contributed by atoms with E-state index in [1.165, 1.54) is 64.2 Å². The van der Waals surface area contributed by atoms with Gasteiger partial charge in [0.1, 0.15) is 0 Å². The van der Waals surface area contributed by atoms with Gasteiger partial charge in [0.25, 0.3) is 0 Å². The normalized spacial score (nSPS) is 35.4. The molecule has 0 radical (unpaired) electrons. The highest BCUT2D eigenvalue weighted by molar-refractivity contribution is 7.80. The Morgan fingerprint density at radius 1 is 0.795 bits per heavy atom. The Hall–Kier alpha value is -0.880. The predicted molar refractivity (Wildman–Crippen MR) is 188 cm³/mol. The number of ether oxygens (including phenoxy) is 2. The number of esters is 2. The van der Waals surface area contributed by atoms with Crippen molar-refractivity contribution in [2.45, 2.75) is 112 Å². The molecule has 0 heterocycles. The lowest BCUT2D eigenvalue weighted by Crippen LogP contribution is -2.54. The first-order valence-corrected chi connectivity index (χ1v) is 19.0. The Kier molecular flexibility index (Phi) is 12.5. The van der Waals surface area contributed by atoms with E-state index in [9.17, 15) is 9.59 Å². The molecule has 0 saturated heterocycles. The van der Waals surface area contributed by atoms with Crippen molar-refractivity contribution in [2.24, 2.45) is 64.1 Å². The van der Waals surface area contributed by atoms with Crippen molar-refractivity contribution in [3.63, 3.8) is 0 Å². The molecule has 0 aromatic rings. The van der Waals surface area contributed by atoms with Gasteiger partial charge in [-0.2, -0.15) is 25.3 Å². The van der Waals surface area contributed by atoms with Gasteiger partial charge >= 0.3 is 11.9 Å². The van der Waals surface area contributed by atoms with E-state index >= 15 is 0 Å². The largest absolute Gasteiger partial charge is 0.462 e. The van der Waals surface area contributed by atoms with Crippen molar-refractivity contribution < 1.29 is 19.1 Å². The fraction of sp³-hybridized carbons (Fsp3) is 0.842. The first-order chi connectivity index (χ1) is 20.8. The third-order valence-electron chi connectivity index (χ3n) is 13.4.